The summed E-state index contributed by atoms with van der Waals surface area (Å²) < 4.78 is 67.5. The lowest BCUT2D eigenvalue weighted by Crippen LogP contribution is -2.33. The molecule has 1 saturated heterocycles. The first-order valence-corrected chi connectivity index (χ1v) is 12.0. The van der Waals surface area contributed by atoms with E-state index in [0.29, 0.717) is 6.61 Å². The quantitative estimate of drug-likeness (QED) is 0.458. The fourth-order valence-corrected chi connectivity index (χ4v) is 4.27. The second-order valence-corrected chi connectivity index (χ2v) is 10.0. The summed E-state index contributed by atoms with van der Waals surface area (Å²) in [5.41, 5.74) is 0.242. The molecule has 1 aliphatic rings. The number of nitrogens with two attached hydrogens (primary N) is 1. The number of halogens is 2. The van der Waals surface area contributed by atoms with Gasteiger partial charge in [-0.1, -0.05) is 23.9 Å². The summed E-state index contributed by atoms with van der Waals surface area (Å²) in [6.45, 7) is 5.67. The van der Waals surface area contributed by atoms with E-state index < -0.39 is 39.3 Å². The van der Waals surface area contributed by atoms with Crippen LogP contribution >= 0.6 is 11.8 Å². The standard InChI is InChI=1S/C19H23F2N3O5S2/c1-11(15-8-27-19(2,3)29-15)28-16-7-13(10-31(22,25)26)23-18(24-16)30-9-12-5-4-6-14(20)17(12)21/h4-7,11,15H,8-10H2,1-3H3,(H2,22,25,26)/t11-,15+/m1/s1. The Morgan fingerprint density at radius 1 is 1.35 bits per heavy atom. The van der Waals surface area contributed by atoms with Crippen LogP contribution in [0.15, 0.2) is 29.4 Å². The molecular formula is C19H23F2N3O5S2. The van der Waals surface area contributed by atoms with Crippen LogP contribution < -0.4 is 9.88 Å². The van der Waals surface area contributed by atoms with Crippen LogP contribution in [0.3, 0.4) is 0 Å². The van der Waals surface area contributed by atoms with E-state index in [-0.39, 0.29) is 34.2 Å². The fourth-order valence-electron chi connectivity index (χ4n) is 2.87. The van der Waals surface area contributed by atoms with Gasteiger partial charge in [0, 0.05) is 17.4 Å². The Kier molecular flexibility index (Phi) is 7.16. The topological polar surface area (TPSA) is 114 Å². The van der Waals surface area contributed by atoms with Crippen molar-refractivity contribution in [1.82, 2.24) is 9.97 Å². The summed E-state index contributed by atoms with van der Waals surface area (Å²) >= 11 is 1.01. The molecule has 0 saturated carbocycles. The second-order valence-electron chi connectivity index (χ2n) is 7.48. The second kappa shape index (κ2) is 9.33. The van der Waals surface area contributed by atoms with Gasteiger partial charge in [0.15, 0.2) is 22.6 Å². The van der Waals surface area contributed by atoms with Crippen LogP contribution in [0.1, 0.15) is 32.0 Å². The Morgan fingerprint density at radius 2 is 2.10 bits per heavy atom. The van der Waals surface area contributed by atoms with Gasteiger partial charge in [0.1, 0.15) is 18.0 Å². The average molecular weight is 476 g/mol. The van der Waals surface area contributed by atoms with E-state index in [1.165, 1.54) is 18.2 Å². The van der Waals surface area contributed by atoms with Gasteiger partial charge >= 0.3 is 0 Å². The SMILES string of the molecule is C[C@@H](Oc1cc(CS(N)(=O)=O)nc(SCc2cccc(F)c2F)n1)[C@@H]1COC(C)(C)O1. The number of rotatable bonds is 8. The van der Waals surface area contributed by atoms with Crippen LogP contribution in [-0.4, -0.2) is 43.0 Å². The van der Waals surface area contributed by atoms with Gasteiger partial charge in [0.25, 0.3) is 0 Å². The maximum absolute atomic E-state index is 13.9. The summed E-state index contributed by atoms with van der Waals surface area (Å²) in [7, 11) is -3.86. The van der Waals surface area contributed by atoms with Gasteiger partial charge < -0.3 is 14.2 Å². The molecule has 0 spiro atoms. The van der Waals surface area contributed by atoms with Crippen molar-refractivity contribution in [3.8, 4) is 5.88 Å². The van der Waals surface area contributed by atoms with Gasteiger partial charge in [-0.3, -0.25) is 0 Å². The summed E-state index contributed by atoms with van der Waals surface area (Å²) in [5.74, 6) is -3.04. The van der Waals surface area contributed by atoms with E-state index in [0.717, 1.165) is 17.8 Å². The van der Waals surface area contributed by atoms with Crippen LogP contribution in [0.2, 0.25) is 0 Å². The molecule has 0 radical (unpaired) electrons. The average Bonchev–Trinajstić information content (AvgIpc) is 3.01. The first kappa shape index (κ1) is 23.8. The molecule has 1 aliphatic heterocycles. The molecule has 0 aliphatic carbocycles. The van der Waals surface area contributed by atoms with Gasteiger partial charge in [-0.25, -0.2) is 27.3 Å². The monoisotopic (exact) mass is 475 g/mol. The van der Waals surface area contributed by atoms with Gasteiger partial charge in [-0.15, -0.1) is 0 Å². The molecule has 1 aromatic heterocycles. The molecule has 2 heterocycles. The lowest BCUT2D eigenvalue weighted by Gasteiger charge is -2.22. The van der Waals surface area contributed by atoms with E-state index in [4.69, 9.17) is 19.3 Å². The van der Waals surface area contributed by atoms with Crippen molar-refractivity contribution >= 4 is 21.8 Å². The minimum Gasteiger partial charge on any atom is -0.472 e. The first-order valence-electron chi connectivity index (χ1n) is 9.34. The van der Waals surface area contributed by atoms with E-state index >= 15 is 0 Å². The predicted octanol–water partition coefficient (Wildman–Crippen LogP) is 2.75. The summed E-state index contributed by atoms with van der Waals surface area (Å²) in [4.78, 5) is 8.41. The van der Waals surface area contributed by atoms with Crippen LogP contribution in [0.4, 0.5) is 8.78 Å². The molecule has 2 aromatic rings. The summed E-state index contributed by atoms with van der Waals surface area (Å²) in [6.07, 6.45) is -0.818. The molecule has 12 heteroatoms. The molecular weight excluding hydrogens is 452 g/mol. The van der Waals surface area contributed by atoms with Crippen LogP contribution in [0.5, 0.6) is 5.88 Å². The number of sulfonamides is 1. The Balaban J connectivity index is 1.80. The minimum absolute atomic E-state index is 0.0329. The molecule has 2 N–H and O–H groups in total. The lowest BCUT2D eigenvalue weighted by molar-refractivity contribution is -0.147. The smallest absolute Gasteiger partial charge is 0.217 e. The maximum Gasteiger partial charge on any atom is 0.217 e. The Hall–Kier alpha value is -1.86. The van der Waals surface area contributed by atoms with Crippen molar-refractivity contribution in [2.45, 2.75) is 55.4 Å². The molecule has 31 heavy (non-hydrogen) atoms. The van der Waals surface area contributed by atoms with Crippen LogP contribution in [-0.2, 0) is 31.0 Å². The maximum atomic E-state index is 13.9. The number of hydrogen-bond donors (Lipinski definition) is 1. The molecule has 0 bridgehead atoms. The zero-order valence-corrected chi connectivity index (χ0v) is 18.8. The van der Waals surface area contributed by atoms with Crippen LogP contribution in [0.25, 0.3) is 0 Å². The number of aromatic nitrogens is 2. The zero-order valence-electron chi connectivity index (χ0n) is 17.2. The third-order valence-corrected chi connectivity index (χ3v) is 5.93. The Morgan fingerprint density at radius 3 is 2.74 bits per heavy atom. The molecule has 8 nitrogen and oxygen atoms in total. The third kappa shape index (κ3) is 6.81. The van der Waals surface area contributed by atoms with E-state index in [9.17, 15) is 17.2 Å². The zero-order chi connectivity index (χ0) is 22.8. The van der Waals surface area contributed by atoms with Gasteiger partial charge in [0.05, 0.1) is 12.3 Å². The van der Waals surface area contributed by atoms with Gasteiger partial charge in [0.2, 0.25) is 15.9 Å². The molecule has 3 rings (SSSR count). The lowest BCUT2D eigenvalue weighted by atomic mass is 10.2. The van der Waals surface area contributed by atoms with Crippen molar-refractivity contribution in [2.75, 3.05) is 6.61 Å². The Labute approximate surface area is 183 Å². The van der Waals surface area contributed by atoms with Crippen molar-refractivity contribution in [3.63, 3.8) is 0 Å². The third-order valence-electron chi connectivity index (χ3n) is 4.33. The number of ether oxygens (including phenoxy) is 3. The molecule has 0 unspecified atom stereocenters. The highest BCUT2D eigenvalue weighted by atomic mass is 32.2. The van der Waals surface area contributed by atoms with E-state index in [1.807, 2.05) is 0 Å². The molecule has 170 valence electrons. The highest BCUT2D eigenvalue weighted by molar-refractivity contribution is 7.98. The van der Waals surface area contributed by atoms with E-state index in [2.05, 4.69) is 9.97 Å². The number of hydrogen-bond acceptors (Lipinski definition) is 8. The molecule has 0 amide bonds. The van der Waals surface area contributed by atoms with Gasteiger partial charge in [-0.2, -0.15) is 4.98 Å². The fraction of sp³-hybridized carbons (Fsp3) is 0.474. The van der Waals surface area contributed by atoms with Crippen molar-refractivity contribution in [2.24, 2.45) is 5.14 Å². The van der Waals surface area contributed by atoms with Crippen LogP contribution in [0, 0.1) is 11.6 Å². The molecule has 1 fully saturated rings. The van der Waals surface area contributed by atoms with Crippen molar-refractivity contribution in [1.29, 1.82) is 0 Å². The van der Waals surface area contributed by atoms with Crippen molar-refractivity contribution < 1.29 is 31.4 Å². The highest BCUT2D eigenvalue weighted by Crippen LogP contribution is 2.28. The molecule has 1 aromatic carbocycles. The largest absolute Gasteiger partial charge is 0.472 e. The highest BCUT2D eigenvalue weighted by Gasteiger charge is 2.37. The molecule has 2 atom stereocenters. The Bertz CT molecular complexity index is 1050. The normalized spacial score (nSPS) is 19.4. The number of thioether (sulfide) groups is 1. The number of primary sulfonamides is 1. The van der Waals surface area contributed by atoms with E-state index in [1.54, 1.807) is 20.8 Å². The van der Waals surface area contributed by atoms with Crippen molar-refractivity contribution in [3.05, 3.63) is 47.2 Å². The van der Waals surface area contributed by atoms with Gasteiger partial charge in [-0.05, 0) is 26.8 Å². The summed E-state index contributed by atoms with van der Waals surface area (Å²) in [6, 6.07) is 5.23. The first-order chi connectivity index (χ1) is 14.4. The predicted molar refractivity (Wildman–Crippen MR) is 110 cm³/mol. The number of benzene rings is 1. The minimum atomic E-state index is -3.86. The summed E-state index contributed by atoms with van der Waals surface area (Å²) in [5, 5.41) is 5.27. The number of nitrogens with zero attached hydrogens (tertiary/aromatic N) is 2.